The first kappa shape index (κ1) is 23.1. The van der Waals surface area contributed by atoms with Crippen LogP contribution in [0.1, 0.15) is 27.8 Å². The molecule has 0 aliphatic heterocycles. The van der Waals surface area contributed by atoms with Crippen molar-refractivity contribution in [2.24, 2.45) is 0 Å². The van der Waals surface area contributed by atoms with Crippen molar-refractivity contribution in [1.82, 2.24) is 0 Å². The Bertz CT molecular complexity index is 1240. The Balaban J connectivity index is 2.18. The molecule has 3 aromatic rings. The summed E-state index contributed by atoms with van der Waals surface area (Å²) in [7, 11) is 0. The Hall–Kier alpha value is -3.62. The lowest BCUT2D eigenvalue weighted by molar-refractivity contribution is -0.578. The predicted octanol–water partition coefficient (Wildman–Crippen LogP) is 3.43. The topological polar surface area (TPSA) is 102 Å². The molecule has 2 N–H and O–H groups in total. The fraction of sp³-hybridized carbons (Fsp3) is 0.167. The lowest BCUT2D eigenvalue weighted by Crippen LogP contribution is -2.40. The quantitative estimate of drug-likeness (QED) is 0.149. The maximum atomic E-state index is 13.5. The molecule has 0 radical (unpaired) electrons. The van der Waals surface area contributed by atoms with Gasteiger partial charge >= 0.3 is 0 Å². The molecule has 1 heterocycles. The maximum absolute atomic E-state index is 13.5. The van der Waals surface area contributed by atoms with Crippen LogP contribution in [0.25, 0.3) is 11.5 Å². The van der Waals surface area contributed by atoms with Crippen LogP contribution in [0.4, 0.5) is 11.4 Å². The Morgan fingerprint density at radius 3 is 2.53 bits per heavy atom. The van der Waals surface area contributed by atoms with Gasteiger partial charge in [0, 0.05) is 28.9 Å². The first-order valence-electron chi connectivity index (χ1n) is 9.88. The minimum Gasteiger partial charge on any atom is -0.867 e. The zero-order valence-electron chi connectivity index (χ0n) is 18.0. The highest BCUT2D eigenvalue weighted by Crippen LogP contribution is 2.25. The molecule has 0 saturated carbocycles. The molecule has 0 aliphatic rings. The van der Waals surface area contributed by atoms with Crippen molar-refractivity contribution in [3.05, 3.63) is 98.9 Å². The van der Waals surface area contributed by atoms with E-state index in [9.17, 15) is 20.3 Å². The summed E-state index contributed by atoms with van der Waals surface area (Å²) in [5.41, 5.74) is 3.90. The number of nitrogens with zero attached hydrogens (tertiary/aromatic N) is 2. The largest absolute Gasteiger partial charge is 0.867 e. The van der Waals surface area contributed by atoms with Gasteiger partial charge in [0.25, 0.3) is 5.69 Å². The number of aliphatic hydroxyl groups excluding tert-OH is 1. The molecule has 2 aromatic carbocycles. The number of aryl methyl sites for hydroxylation is 3. The number of thiocarbonyl (C=S) groups is 1. The van der Waals surface area contributed by atoms with E-state index in [1.165, 1.54) is 10.6 Å². The van der Waals surface area contributed by atoms with E-state index in [0.29, 0.717) is 11.1 Å². The van der Waals surface area contributed by atoms with Crippen LogP contribution >= 0.6 is 12.2 Å². The van der Waals surface area contributed by atoms with Crippen molar-refractivity contribution in [2.75, 3.05) is 5.32 Å². The number of hydrogen-bond donors (Lipinski definition) is 2. The average Bonchev–Trinajstić information content (AvgIpc) is 2.76. The second-order valence-corrected chi connectivity index (χ2v) is 7.89. The zero-order valence-corrected chi connectivity index (χ0v) is 18.8. The molecule has 164 valence electrons. The van der Waals surface area contributed by atoms with E-state index in [2.05, 4.69) is 5.32 Å². The van der Waals surface area contributed by atoms with E-state index in [1.54, 1.807) is 43.6 Å². The number of anilines is 1. The van der Waals surface area contributed by atoms with Crippen LogP contribution in [-0.4, -0.2) is 15.0 Å². The molecule has 0 saturated heterocycles. The monoisotopic (exact) mass is 449 g/mol. The van der Waals surface area contributed by atoms with Crippen LogP contribution in [0.5, 0.6) is 0 Å². The van der Waals surface area contributed by atoms with Crippen LogP contribution in [0, 0.1) is 30.9 Å². The molecule has 0 amide bonds. The molecule has 7 nitrogen and oxygen atoms in total. The molecule has 0 aliphatic carbocycles. The molecular formula is C24H23N3O4S. The van der Waals surface area contributed by atoms with Crippen LogP contribution in [0.2, 0.25) is 0 Å². The van der Waals surface area contributed by atoms with Gasteiger partial charge in [-0.25, -0.2) is 0 Å². The Morgan fingerprint density at radius 2 is 1.84 bits per heavy atom. The van der Waals surface area contributed by atoms with E-state index in [0.717, 1.165) is 16.8 Å². The van der Waals surface area contributed by atoms with Crippen molar-refractivity contribution in [2.45, 2.75) is 27.4 Å². The number of aromatic nitrogens is 1. The van der Waals surface area contributed by atoms with Gasteiger partial charge in [-0.3, -0.25) is 10.1 Å². The first-order valence-corrected chi connectivity index (χ1v) is 10.3. The SMILES string of the molecule is Cc1ccc(C)c(NC(=S)/C(=C(\[O-])c2ccc(C)c([N+](=O)[O-])c2)[n+]2cccc(CO)c2)c1. The smallest absolute Gasteiger partial charge is 0.272 e. The summed E-state index contributed by atoms with van der Waals surface area (Å²) in [5.74, 6) is -0.476. The van der Waals surface area contributed by atoms with Crippen molar-refractivity contribution < 1.29 is 19.7 Å². The van der Waals surface area contributed by atoms with Crippen molar-refractivity contribution in [1.29, 1.82) is 0 Å². The van der Waals surface area contributed by atoms with Gasteiger partial charge in [0.2, 0.25) is 5.70 Å². The molecule has 0 fully saturated rings. The third-order valence-corrected chi connectivity index (χ3v) is 5.34. The van der Waals surface area contributed by atoms with Crippen molar-refractivity contribution in [3.8, 4) is 0 Å². The standard InChI is InChI=1S/C24H23N3O4S/c1-15-6-7-16(2)20(11-15)25-24(32)22(26-10-4-5-18(13-26)14-28)23(29)19-9-8-17(3)21(12-19)27(30)31/h4-13,28H,14H2,1-3H3,(H-,25,29,32). The van der Waals surface area contributed by atoms with Crippen LogP contribution in [0.3, 0.4) is 0 Å². The summed E-state index contributed by atoms with van der Waals surface area (Å²) in [4.78, 5) is 11.0. The van der Waals surface area contributed by atoms with E-state index in [-0.39, 0.29) is 28.5 Å². The van der Waals surface area contributed by atoms with E-state index in [4.69, 9.17) is 12.2 Å². The third-order valence-electron chi connectivity index (χ3n) is 5.04. The van der Waals surface area contributed by atoms with Gasteiger partial charge in [-0.2, -0.15) is 4.57 Å². The average molecular weight is 450 g/mol. The highest BCUT2D eigenvalue weighted by atomic mass is 32.1. The zero-order chi connectivity index (χ0) is 23.4. The molecule has 8 heteroatoms. The highest BCUT2D eigenvalue weighted by molar-refractivity contribution is 7.81. The summed E-state index contributed by atoms with van der Waals surface area (Å²) in [6, 6.07) is 13.6. The van der Waals surface area contributed by atoms with Crippen molar-refractivity contribution in [3.63, 3.8) is 0 Å². The Labute approximate surface area is 191 Å². The predicted molar refractivity (Wildman–Crippen MR) is 126 cm³/mol. The Kier molecular flexibility index (Phi) is 6.97. The third kappa shape index (κ3) is 4.99. The number of nitro groups is 1. The fourth-order valence-corrected chi connectivity index (χ4v) is 3.54. The van der Waals surface area contributed by atoms with Gasteiger partial charge in [-0.05, 0) is 55.4 Å². The van der Waals surface area contributed by atoms with Crippen LogP contribution < -0.4 is 15.0 Å². The van der Waals surface area contributed by atoms with Gasteiger partial charge in [-0.15, -0.1) is 0 Å². The number of aliphatic hydroxyl groups is 1. The number of hydrogen-bond acceptors (Lipinski definition) is 5. The van der Waals surface area contributed by atoms with Crippen LogP contribution in [-0.2, 0) is 6.61 Å². The lowest BCUT2D eigenvalue weighted by Gasteiger charge is -2.18. The molecule has 1 aromatic heterocycles. The summed E-state index contributed by atoms with van der Waals surface area (Å²) < 4.78 is 1.53. The molecule has 0 spiro atoms. The van der Waals surface area contributed by atoms with Crippen molar-refractivity contribution >= 4 is 40.0 Å². The maximum Gasteiger partial charge on any atom is 0.272 e. The lowest BCUT2D eigenvalue weighted by atomic mass is 10.1. The second-order valence-electron chi connectivity index (χ2n) is 7.49. The molecule has 0 bridgehead atoms. The highest BCUT2D eigenvalue weighted by Gasteiger charge is 2.21. The van der Waals surface area contributed by atoms with Gasteiger partial charge in [-0.1, -0.05) is 36.5 Å². The molecule has 0 unspecified atom stereocenters. The first-order chi connectivity index (χ1) is 15.2. The number of rotatable bonds is 6. The molecule has 0 atom stereocenters. The second kappa shape index (κ2) is 9.67. The van der Waals surface area contributed by atoms with Gasteiger partial charge < -0.3 is 15.5 Å². The number of nitrogens with one attached hydrogen (secondary N) is 1. The number of pyridine rings is 1. The number of benzene rings is 2. The van der Waals surface area contributed by atoms with Gasteiger partial charge in [0.15, 0.2) is 17.4 Å². The van der Waals surface area contributed by atoms with Crippen LogP contribution in [0.15, 0.2) is 60.9 Å². The summed E-state index contributed by atoms with van der Waals surface area (Å²) in [5, 5.41) is 37.6. The summed E-state index contributed by atoms with van der Waals surface area (Å²) >= 11 is 5.62. The van der Waals surface area contributed by atoms with Gasteiger partial charge in [0.05, 0.1) is 11.5 Å². The normalized spacial score (nSPS) is 11.6. The summed E-state index contributed by atoms with van der Waals surface area (Å²) in [6.45, 7) is 5.28. The fourth-order valence-electron chi connectivity index (χ4n) is 3.23. The molecular weight excluding hydrogens is 426 g/mol. The van der Waals surface area contributed by atoms with E-state index in [1.807, 2.05) is 32.0 Å². The van der Waals surface area contributed by atoms with Gasteiger partial charge in [0.1, 0.15) is 0 Å². The molecule has 32 heavy (non-hydrogen) atoms. The summed E-state index contributed by atoms with van der Waals surface area (Å²) in [6.07, 6.45) is 3.25. The minimum absolute atomic E-state index is 0.120. The number of nitro benzene ring substituents is 1. The minimum atomic E-state index is -0.516. The molecule has 3 rings (SSSR count). The van der Waals surface area contributed by atoms with E-state index < -0.39 is 10.7 Å². The van der Waals surface area contributed by atoms with E-state index >= 15 is 0 Å². The Morgan fingerprint density at radius 1 is 1.12 bits per heavy atom.